The van der Waals surface area contributed by atoms with E-state index in [4.69, 9.17) is 30.8 Å². The van der Waals surface area contributed by atoms with Crippen molar-refractivity contribution in [2.75, 3.05) is 27.4 Å². The Hall–Kier alpha value is -3.05. The van der Waals surface area contributed by atoms with Crippen LogP contribution in [0.5, 0.6) is 11.5 Å². The van der Waals surface area contributed by atoms with Gasteiger partial charge in [-0.2, -0.15) is 5.26 Å². The molecule has 1 saturated heterocycles. The fraction of sp³-hybridized carbons (Fsp3) is 0.304. The quantitative estimate of drug-likeness (QED) is 0.626. The van der Waals surface area contributed by atoms with Crippen LogP contribution in [0.3, 0.4) is 0 Å². The monoisotopic (exact) mass is 440 g/mol. The van der Waals surface area contributed by atoms with Crippen LogP contribution in [-0.4, -0.2) is 38.5 Å². The van der Waals surface area contributed by atoms with E-state index in [1.165, 1.54) is 19.2 Å². The Morgan fingerprint density at radius 3 is 2.68 bits per heavy atom. The van der Waals surface area contributed by atoms with Crippen molar-refractivity contribution in [2.24, 2.45) is 0 Å². The predicted octanol–water partition coefficient (Wildman–Crippen LogP) is 3.44. The minimum Gasteiger partial charge on any atom is -0.496 e. The molecule has 1 fully saturated rings. The Morgan fingerprint density at radius 2 is 2.03 bits per heavy atom. The van der Waals surface area contributed by atoms with Gasteiger partial charge in [-0.1, -0.05) is 11.6 Å². The number of benzene rings is 2. The topological polar surface area (TPSA) is 105 Å². The highest BCUT2D eigenvalue weighted by Crippen LogP contribution is 2.43. The lowest BCUT2D eigenvalue weighted by molar-refractivity contribution is 0.244. The largest absolute Gasteiger partial charge is 0.496 e. The van der Waals surface area contributed by atoms with Crippen molar-refractivity contribution in [3.8, 4) is 28.9 Å². The minimum atomic E-state index is -0.288. The maximum absolute atomic E-state index is 13.2. The summed E-state index contributed by atoms with van der Waals surface area (Å²) in [6.07, 6.45) is 0.745. The van der Waals surface area contributed by atoms with Gasteiger partial charge in [-0.25, -0.2) is 0 Å². The second-order valence-corrected chi connectivity index (χ2v) is 7.73. The smallest absolute Gasteiger partial charge is 0.197 e. The van der Waals surface area contributed by atoms with Gasteiger partial charge in [0.2, 0.25) is 0 Å². The van der Waals surface area contributed by atoms with Crippen LogP contribution in [0.15, 0.2) is 39.5 Å². The fourth-order valence-corrected chi connectivity index (χ4v) is 4.47. The molecular formula is C23H21ClN2O5. The molecule has 2 heterocycles. The fourth-order valence-electron chi connectivity index (χ4n) is 4.20. The van der Waals surface area contributed by atoms with E-state index in [1.54, 1.807) is 25.3 Å². The molecule has 7 nitrogen and oxygen atoms in total. The average Bonchev–Trinajstić information content (AvgIpc) is 3.25. The van der Waals surface area contributed by atoms with Gasteiger partial charge in [0, 0.05) is 35.2 Å². The van der Waals surface area contributed by atoms with Crippen molar-refractivity contribution in [3.63, 3.8) is 0 Å². The number of nitrogens with zero attached hydrogens (tertiary/aromatic N) is 1. The zero-order chi connectivity index (χ0) is 22.1. The van der Waals surface area contributed by atoms with Gasteiger partial charge in [0.25, 0.3) is 0 Å². The highest BCUT2D eigenvalue weighted by atomic mass is 35.5. The summed E-state index contributed by atoms with van der Waals surface area (Å²) in [7, 11) is 3.02. The third-order valence-electron chi connectivity index (χ3n) is 5.68. The van der Waals surface area contributed by atoms with E-state index in [2.05, 4.69) is 5.32 Å². The van der Waals surface area contributed by atoms with Crippen molar-refractivity contribution < 1.29 is 19.0 Å². The van der Waals surface area contributed by atoms with E-state index in [1.807, 2.05) is 6.07 Å². The van der Waals surface area contributed by atoms with Crippen molar-refractivity contribution in [2.45, 2.75) is 18.4 Å². The van der Waals surface area contributed by atoms with Crippen molar-refractivity contribution in [3.05, 3.63) is 56.7 Å². The number of hydrogen-bond donors (Lipinski definition) is 2. The van der Waals surface area contributed by atoms with Crippen LogP contribution in [0.4, 0.5) is 0 Å². The van der Waals surface area contributed by atoms with Gasteiger partial charge in [0.05, 0.1) is 37.5 Å². The lowest BCUT2D eigenvalue weighted by Crippen LogP contribution is -2.30. The molecule has 0 saturated carbocycles. The SMILES string of the molecule is COc1cc(OC)c2c(=O)cc(-c3ccc(C#N)cc3Cl)oc2c1C1CCNC1CO. The minimum absolute atomic E-state index is 0.0628. The summed E-state index contributed by atoms with van der Waals surface area (Å²) in [5.41, 5.74) is 1.65. The molecule has 0 bridgehead atoms. The number of rotatable bonds is 5. The molecule has 31 heavy (non-hydrogen) atoms. The lowest BCUT2D eigenvalue weighted by atomic mass is 9.89. The van der Waals surface area contributed by atoms with Crippen LogP contribution in [0.25, 0.3) is 22.3 Å². The standard InChI is InChI=1S/C23H21ClN2O5/c1-29-19-9-20(30-2)22-17(28)8-18(13-4-3-12(10-25)7-15(13)24)31-23(22)21(19)14-5-6-26-16(14)11-27/h3-4,7-9,14,16,26-27H,5-6,11H2,1-2H3. The number of aliphatic hydroxyl groups is 1. The van der Waals surface area contributed by atoms with Gasteiger partial charge in [0.1, 0.15) is 28.2 Å². The van der Waals surface area contributed by atoms with E-state index < -0.39 is 0 Å². The van der Waals surface area contributed by atoms with E-state index in [0.29, 0.717) is 44.2 Å². The van der Waals surface area contributed by atoms with Gasteiger partial charge in [-0.15, -0.1) is 0 Å². The van der Waals surface area contributed by atoms with Gasteiger partial charge in [0.15, 0.2) is 5.43 Å². The summed E-state index contributed by atoms with van der Waals surface area (Å²) in [6, 6.07) is 9.67. The number of ether oxygens (including phenoxy) is 2. The molecule has 2 aromatic carbocycles. The molecule has 2 N–H and O–H groups in total. The van der Waals surface area contributed by atoms with Gasteiger partial charge in [-0.3, -0.25) is 4.79 Å². The van der Waals surface area contributed by atoms with Crippen molar-refractivity contribution in [1.82, 2.24) is 5.32 Å². The first kappa shape index (κ1) is 21.2. The first-order valence-corrected chi connectivity index (χ1v) is 10.2. The number of halogens is 1. The number of fused-ring (bicyclic) bond motifs is 1. The Balaban J connectivity index is 2.05. The van der Waals surface area contributed by atoms with E-state index in [-0.39, 0.29) is 29.8 Å². The normalized spacial score (nSPS) is 18.2. The summed E-state index contributed by atoms with van der Waals surface area (Å²) in [5, 5.41) is 22.8. The molecule has 0 aliphatic carbocycles. The second-order valence-electron chi connectivity index (χ2n) is 7.32. The van der Waals surface area contributed by atoms with Crippen LogP contribution in [0, 0.1) is 11.3 Å². The van der Waals surface area contributed by atoms with Gasteiger partial charge >= 0.3 is 0 Å². The number of nitriles is 1. The number of aliphatic hydroxyl groups excluding tert-OH is 1. The summed E-state index contributed by atoms with van der Waals surface area (Å²) in [5.74, 6) is 1.01. The predicted molar refractivity (Wildman–Crippen MR) is 117 cm³/mol. The average molecular weight is 441 g/mol. The van der Waals surface area contributed by atoms with E-state index in [0.717, 1.165) is 13.0 Å². The number of hydrogen-bond acceptors (Lipinski definition) is 7. The molecule has 1 aliphatic rings. The zero-order valence-corrected chi connectivity index (χ0v) is 17.8. The van der Waals surface area contributed by atoms with Crippen LogP contribution in [0.2, 0.25) is 5.02 Å². The molecule has 0 spiro atoms. The van der Waals surface area contributed by atoms with Crippen LogP contribution < -0.4 is 20.2 Å². The second kappa shape index (κ2) is 8.60. The third kappa shape index (κ3) is 3.63. The molecule has 1 aliphatic heterocycles. The lowest BCUT2D eigenvalue weighted by Gasteiger charge is -2.22. The highest BCUT2D eigenvalue weighted by molar-refractivity contribution is 6.33. The van der Waals surface area contributed by atoms with Crippen LogP contribution in [0.1, 0.15) is 23.5 Å². The zero-order valence-electron chi connectivity index (χ0n) is 17.1. The summed E-state index contributed by atoms with van der Waals surface area (Å²) in [4.78, 5) is 13.2. The first-order valence-electron chi connectivity index (χ1n) is 9.79. The maximum Gasteiger partial charge on any atom is 0.197 e. The molecule has 8 heteroatoms. The van der Waals surface area contributed by atoms with E-state index in [9.17, 15) is 9.90 Å². The highest BCUT2D eigenvalue weighted by Gasteiger charge is 2.34. The molecule has 0 amide bonds. The first-order chi connectivity index (χ1) is 15.0. The number of nitrogens with one attached hydrogen (secondary N) is 1. The molecular weight excluding hydrogens is 420 g/mol. The molecule has 3 aromatic rings. The Kier molecular flexibility index (Phi) is 5.88. The van der Waals surface area contributed by atoms with Gasteiger partial charge in [-0.05, 0) is 31.2 Å². The van der Waals surface area contributed by atoms with Crippen molar-refractivity contribution in [1.29, 1.82) is 5.26 Å². The Labute approximate surface area is 183 Å². The van der Waals surface area contributed by atoms with Crippen molar-refractivity contribution >= 4 is 22.6 Å². The van der Waals surface area contributed by atoms with Crippen LogP contribution >= 0.6 is 11.6 Å². The maximum atomic E-state index is 13.2. The summed E-state index contributed by atoms with van der Waals surface area (Å²) < 4.78 is 17.3. The molecule has 2 unspecified atom stereocenters. The number of methoxy groups -OCH3 is 2. The molecule has 2 atom stereocenters. The van der Waals surface area contributed by atoms with Crippen LogP contribution in [-0.2, 0) is 0 Å². The van der Waals surface area contributed by atoms with Gasteiger partial charge < -0.3 is 24.3 Å². The Bertz CT molecular complexity index is 1250. The third-order valence-corrected chi connectivity index (χ3v) is 6.00. The summed E-state index contributed by atoms with van der Waals surface area (Å²) >= 11 is 6.37. The molecule has 1 aromatic heterocycles. The van der Waals surface area contributed by atoms with E-state index >= 15 is 0 Å². The molecule has 160 valence electrons. The Morgan fingerprint density at radius 1 is 1.26 bits per heavy atom. The molecule has 0 radical (unpaired) electrons. The molecule has 4 rings (SSSR count). The summed E-state index contributed by atoms with van der Waals surface area (Å²) in [6.45, 7) is 0.657.